The smallest absolute Gasteiger partial charge is 0.0270 e. The van der Waals surface area contributed by atoms with Crippen LogP contribution in [0.1, 0.15) is 11.5 Å². The second-order valence-corrected chi connectivity index (χ2v) is 3.48. The number of rotatable bonds is 4. The highest BCUT2D eigenvalue weighted by atomic mass is 15.1. The summed E-state index contributed by atoms with van der Waals surface area (Å²) in [6.45, 7) is 1.67. The van der Waals surface area contributed by atoms with Gasteiger partial charge in [0.05, 0.1) is 0 Å². The van der Waals surface area contributed by atoms with Crippen LogP contribution < -0.4 is 5.73 Å². The third kappa shape index (κ3) is 3.13. The van der Waals surface area contributed by atoms with Gasteiger partial charge in [0.25, 0.3) is 0 Å². The van der Waals surface area contributed by atoms with E-state index in [0.29, 0.717) is 12.5 Å². The van der Waals surface area contributed by atoms with Crippen molar-refractivity contribution < 1.29 is 0 Å². The van der Waals surface area contributed by atoms with Gasteiger partial charge in [-0.3, -0.25) is 4.98 Å². The van der Waals surface area contributed by atoms with Gasteiger partial charge in [0.15, 0.2) is 0 Å². The van der Waals surface area contributed by atoms with Crippen molar-refractivity contribution in [2.75, 3.05) is 27.2 Å². The molecule has 1 rings (SSSR count). The Labute approximate surface area is 79.6 Å². The molecule has 1 atom stereocenters. The first-order valence-electron chi connectivity index (χ1n) is 4.48. The lowest BCUT2D eigenvalue weighted by atomic mass is 10.0. The van der Waals surface area contributed by atoms with E-state index in [0.717, 1.165) is 6.54 Å². The molecule has 1 aromatic rings. The van der Waals surface area contributed by atoms with Crippen LogP contribution in [0.15, 0.2) is 24.5 Å². The Kier molecular flexibility index (Phi) is 3.86. The van der Waals surface area contributed by atoms with E-state index in [1.165, 1.54) is 5.56 Å². The molecule has 0 aliphatic carbocycles. The molecule has 0 aromatic carbocycles. The van der Waals surface area contributed by atoms with Crippen molar-refractivity contribution >= 4 is 0 Å². The van der Waals surface area contributed by atoms with Gasteiger partial charge in [-0.05, 0) is 31.8 Å². The highest BCUT2D eigenvalue weighted by Gasteiger charge is 2.09. The number of nitrogens with zero attached hydrogens (tertiary/aromatic N) is 2. The molecule has 0 radical (unpaired) electrons. The van der Waals surface area contributed by atoms with Crippen molar-refractivity contribution in [1.29, 1.82) is 0 Å². The van der Waals surface area contributed by atoms with Gasteiger partial charge in [0.2, 0.25) is 0 Å². The van der Waals surface area contributed by atoms with Gasteiger partial charge in [-0.25, -0.2) is 0 Å². The highest BCUT2D eigenvalue weighted by Crippen LogP contribution is 2.13. The number of nitrogens with two attached hydrogens (primary N) is 1. The van der Waals surface area contributed by atoms with Crippen molar-refractivity contribution in [2.24, 2.45) is 5.73 Å². The predicted octanol–water partition coefficient (Wildman–Crippen LogP) is 0.685. The van der Waals surface area contributed by atoms with Gasteiger partial charge in [-0.1, -0.05) is 0 Å². The quantitative estimate of drug-likeness (QED) is 0.739. The van der Waals surface area contributed by atoms with Crippen LogP contribution in [0.5, 0.6) is 0 Å². The molecule has 0 fully saturated rings. The number of likely N-dealkylation sites (N-methyl/N-ethyl adjacent to an activating group) is 1. The van der Waals surface area contributed by atoms with Crippen molar-refractivity contribution in [3.8, 4) is 0 Å². The average Bonchev–Trinajstić information content (AvgIpc) is 2.15. The van der Waals surface area contributed by atoms with Gasteiger partial charge in [-0.2, -0.15) is 0 Å². The molecule has 72 valence electrons. The van der Waals surface area contributed by atoms with Crippen LogP contribution in [0.25, 0.3) is 0 Å². The molecule has 1 heterocycles. The van der Waals surface area contributed by atoms with Crippen LogP contribution in [0.2, 0.25) is 0 Å². The molecule has 1 unspecified atom stereocenters. The van der Waals surface area contributed by atoms with Crippen molar-refractivity contribution in [2.45, 2.75) is 5.92 Å². The molecular formula is C10H17N3. The first-order chi connectivity index (χ1) is 6.24. The minimum Gasteiger partial charge on any atom is -0.330 e. The lowest BCUT2D eigenvalue weighted by Crippen LogP contribution is -2.25. The lowest BCUT2D eigenvalue weighted by molar-refractivity contribution is 0.375. The summed E-state index contributed by atoms with van der Waals surface area (Å²) < 4.78 is 0. The predicted molar refractivity (Wildman–Crippen MR) is 54.6 cm³/mol. The van der Waals surface area contributed by atoms with E-state index >= 15 is 0 Å². The fourth-order valence-electron chi connectivity index (χ4n) is 1.39. The van der Waals surface area contributed by atoms with Crippen LogP contribution in [-0.4, -0.2) is 37.1 Å². The first-order valence-corrected chi connectivity index (χ1v) is 4.48. The topological polar surface area (TPSA) is 42.1 Å². The summed E-state index contributed by atoms with van der Waals surface area (Å²) >= 11 is 0. The van der Waals surface area contributed by atoms with Gasteiger partial charge >= 0.3 is 0 Å². The Morgan fingerprint density at radius 2 is 2.00 bits per heavy atom. The Morgan fingerprint density at radius 1 is 1.38 bits per heavy atom. The Balaban J connectivity index is 2.67. The summed E-state index contributed by atoms with van der Waals surface area (Å²) in [6.07, 6.45) is 3.63. The SMILES string of the molecule is CN(C)CC(CN)c1ccncc1. The van der Waals surface area contributed by atoms with E-state index in [9.17, 15) is 0 Å². The van der Waals surface area contributed by atoms with Gasteiger partial charge < -0.3 is 10.6 Å². The maximum Gasteiger partial charge on any atom is 0.0270 e. The fraction of sp³-hybridized carbons (Fsp3) is 0.500. The van der Waals surface area contributed by atoms with Crippen molar-refractivity contribution in [1.82, 2.24) is 9.88 Å². The monoisotopic (exact) mass is 179 g/mol. The molecule has 3 heteroatoms. The second-order valence-electron chi connectivity index (χ2n) is 3.48. The van der Waals surface area contributed by atoms with Gasteiger partial charge in [0.1, 0.15) is 0 Å². The Morgan fingerprint density at radius 3 is 2.46 bits per heavy atom. The molecule has 0 saturated carbocycles. The zero-order chi connectivity index (χ0) is 9.68. The van der Waals surface area contributed by atoms with E-state index in [1.54, 1.807) is 0 Å². The van der Waals surface area contributed by atoms with Gasteiger partial charge in [-0.15, -0.1) is 0 Å². The van der Waals surface area contributed by atoms with Crippen LogP contribution in [-0.2, 0) is 0 Å². The zero-order valence-corrected chi connectivity index (χ0v) is 8.27. The third-order valence-corrected chi connectivity index (χ3v) is 2.05. The molecule has 13 heavy (non-hydrogen) atoms. The largest absolute Gasteiger partial charge is 0.330 e. The molecular weight excluding hydrogens is 162 g/mol. The van der Waals surface area contributed by atoms with E-state index in [1.807, 2.05) is 24.5 Å². The minimum absolute atomic E-state index is 0.415. The summed E-state index contributed by atoms with van der Waals surface area (Å²) in [6, 6.07) is 4.06. The molecule has 0 aliphatic heterocycles. The normalized spacial score (nSPS) is 13.2. The van der Waals surface area contributed by atoms with E-state index in [-0.39, 0.29) is 0 Å². The molecule has 1 aromatic heterocycles. The maximum absolute atomic E-state index is 5.71. The molecule has 0 amide bonds. The highest BCUT2D eigenvalue weighted by molar-refractivity contribution is 5.16. The van der Waals surface area contributed by atoms with Crippen molar-refractivity contribution in [3.63, 3.8) is 0 Å². The Hall–Kier alpha value is -0.930. The summed E-state index contributed by atoms with van der Waals surface area (Å²) in [5, 5.41) is 0. The third-order valence-electron chi connectivity index (χ3n) is 2.05. The lowest BCUT2D eigenvalue weighted by Gasteiger charge is -2.19. The van der Waals surface area contributed by atoms with Gasteiger partial charge in [0, 0.05) is 31.4 Å². The molecule has 0 spiro atoms. The molecule has 3 nitrogen and oxygen atoms in total. The van der Waals surface area contributed by atoms with Crippen LogP contribution in [0.4, 0.5) is 0 Å². The zero-order valence-electron chi connectivity index (χ0n) is 8.27. The number of pyridine rings is 1. The number of hydrogen-bond acceptors (Lipinski definition) is 3. The van der Waals surface area contributed by atoms with Crippen LogP contribution >= 0.6 is 0 Å². The molecule has 0 aliphatic rings. The summed E-state index contributed by atoms with van der Waals surface area (Å²) in [4.78, 5) is 6.14. The second kappa shape index (κ2) is 4.94. The average molecular weight is 179 g/mol. The maximum atomic E-state index is 5.71. The fourth-order valence-corrected chi connectivity index (χ4v) is 1.39. The number of hydrogen-bond donors (Lipinski definition) is 1. The molecule has 0 saturated heterocycles. The first kappa shape index (κ1) is 10.2. The number of aromatic nitrogens is 1. The summed E-state index contributed by atoms with van der Waals surface area (Å²) in [7, 11) is 4.12. The molecule has 2 N–H and O–H groups in total. The van der Waals surface area contributed by atoms with Crippen LogP contribution in [0, 0.1) is 0 Å². The summed E-state index contributed by atoms with van der Waals surface area (Å²) in [5.41, 5.74) is 6.98. The standard InChI is InChI=1S/C10H17N3/c1-13(2)8-10(7-11)9-3-5-12-6-4-9/h3-6,10H,7-8,11H2,1-2H3. The van der Waals surface area contributed by atoms with E-state index in [2.05, 4.69) is 24.0 Å². The van der Waals surface area contributed by atoms with Crippen molar-refractivity contribution in [3.05, 3.63) is 30.1 Å². The van der Waals surface area contributed by atoms with E-state index < -0.39 is 0 Å². The minimum atomic E-state index is 0.415. The Bertz CT molecular complexity index is 233. The summed E-state index contributed by atoms with van der Waals surface area (Å²) in [5.74, 6) is 0.415. The van der Waals surface area contributed by atoms with E-state index in [4.69, 9.17) is 5.73 Å². The molecule has 0 bridgehead atoms. The van der Waals surface area contributed by atoms with Crippen LogP contribution in [0.3, 0.4) is 0 Å².